The van der Waals surface area contributed by atoms with Gasteiger partial charge < -0.3 is 9.64 Å². The van der Waals surface area contributed by atoms with Crippen molar-refractivity contribution in [3.8, 4) is 0 Å². The molecule has 2 atom stereocenters. The van der Waals surface area contributed by atoms with Crippen LogP contribution in [-0.4, -0.2) is 36.6 Å². The van der Waals surface area contributed by atoms with Gasteiger partial charge in [0.25, 0.3) is 0 Å². The van der Waals surface area contributed by atoms with Crippen molar-refractivity contribution in [3.63, 3.8) is 0 Å². The third-order valence-electron chi connectivity index (χ3n) is 2.62. The number of carbonyl (C=O) groups excluding carboxylic acids is 1. The summed E-state index contributed by atoms with van der Waals surface area (Å²) in [6.07, 6.45) is 0.628. The number of carbonyl (C=O) groups is 1. The zero-order valence-electron chi connectivity index (χ0n) is 6.75. The molecule has 2 aliphatic rings. The molecule has 2 rings (SSSR count). The van der Waals surface area contributed by atoms with E-state index in [1.54, 1.807) is 0 Å². The Balaban J connectivity index is 1.94. The standard InChI is InChI=1S/C8H13NO2/c1-2-8(10)9-3-6-4-11-5-7(6)9/h6-7H,2-5H2,1H3. The smallest absolute Gasteiger partial charge is 0.222 e. The minimum absolute atomic E-state index is 0.275. The van der Waals surface area contributed by atoms with Crippen LogP contribution in [0.1, 0.15) is 13.3 Å². The first-order valence-corrected chi connectivity index (χ1v) is 4.20. The second-order valence-electron chi connectivity index (χ2n) is 3.26. The fraction of sp³-hybridized carbons (Fsp3) is 0.875. The van der Waals surface area contributed by atoms with Crippen molar-refractivity contribution in [2.24, 2.45) is 5.92 Å². The molecule has 2 saturated heterocycles. The highest BCUT2D eigenvalue weighted by atomic mass is 16.5. The lowest BCUT2D eigenvalue weighted by Crippen LogP contribution is -2.57. The molecule has 0 aromatic rings. The maximum Gasteiger partial charge on any atom is 0.222 e. The number of amides is 1. The maximum absolute atomic E-state index is 11.2. The summed E-state index contributed by atoms with van der Waals surface area (Å²) in [4.78, 5) is 13.1. The van der Waals surface area contributed by atoms with Crippen LogP contribution < -0.4 is 0 Å². The number of hydrogen-bond donors (Lipinski definition) is 0. The fourth-order valence-electron chi connectivity index (χ4n) is 1.85. The van der Waals surface area contributed by atoms with Crippen LogP contribution in [0.2, 0.25) is 0 Å². The number of likely N-dealkylation sites (tertiary alicyclic amines) is 1. The van der Waals surface area contributed by atoms with Gasteiger partial charge in [-0.3, -0.25) is 4.79 Å². The molecule has 0 spiro atoms. The van der Waals surface area contributed by atoms with Crippen molar-refractivity contribution in [3.05, 3.63) is 0 Å². The molecule has 0 aliphatic carbocycles. The SMILES string of the molecule is CCC(=O)N1CC2COCC21. The second-order valence-corrected chi connectivity index (χ2v) is 3.26. The monoisotopic (exact) mass is 155 g/mol. The molecule has 2 fully saturated rings. The maximum atomic E-state index is 11.2. The van der Waals surface area contributed by atoms with Crippen LogP contribution in [0.15, 0.2) is 0 Å². The Morgan fingerprint density at radius 3 is 3.09 bits per heavy atom. The average molecular weight is 155 g/mol. The predicted octanol–water partition coefficient (Wildman–Crippen LogP) is 0.254. The van der Waals surface area contributed by atoms with Crippen LogP contribution in [-0.2, 0) is 9.53 Å². The van der Waals surface area contributed by atoms with Crippen molar-refractivity contribution in [1.29, 1.82) is 0 Å². The molecule has 3 heteroatoms. The zero-order chi connectivity index (χ0) is 7.84. The Morgan fingerprint density at radius 1 is 1.64 bits per heavy atom. The van der Waals surface area contributed by atoms with Gasteiger partial charge in [0.05, 0.1) is 19.3 Å². The third-order valence-corrected chi connectivity index (χ3v) is 2.62. The van der Waals surface area contributed by atoms with E-state index in [0.29, 0.717) is 18.4 Å². The van der Waals surface area contributed by atoms with Gasteiger partial charge in [-0.2, -0.15) is 0 Å². The summed E-state index contributed by atoms with van der Waals surface area (Å²) in [6, 6.07) is 0.419. The predicted molar refractivity (Wildman–Crippen MR) is 40.1 cm³/mol. The van der Waals surface area contributed by atoms with E-state index in [0.717, 1.165) is 19.8 Å². The van der Waals surface area contributed by atoms with Gasteiger partial charge in [0.1, 0.15) is 0 Å². The van der Waals surface area contributed by atoms with Gasteiger partial charge in [0, 0.05) is 18.9 Å². The fourth-order valence-corrected chi connectivity index (χ4v) is 1.85. The highest BCUT2D eigenvalue weighted by Gasteiger charge is 2.44. The highest BCUT2D eigenvalue weighted by molar-refractivity contribution is 5.77. The molecule has 62 valence electrons. The van der Waals surface area contributed by atoms with Crippen molar-refractivity contribution in [2.75, 3.05) is 19.8 Å². The van der Waals surface area contributed by atoms with E-state index in [1.165, 1.54) is 0 Å². The summed E-state index contributed by atoms with van der Waals surface area (Å²) >= 11 is 0. The van der Waals surface area contributed by atoms with Gasteiger partial charge in [-0.1, -0.05) is 6.92 Å². The summed E-state index contributed by atoms with van der Waals surface area (Å²) in [5, 5.41) is 0. The minimum atomic E-state index is 0.275. The minimum Gasteiger partial charge on any atom is -0.379 e. The molecule has 0 aromatic carbocycles. The molecule has 0 saturated carbocycles. The van der Waals surface area contributed by atoms with E-state index >= 15 is 0 Å². The summed E-state index contributed by atoms with van der Waals surface area (Å²) in [7, 11) is 0. The molecule has 2 aliphatic heterocycles. The summed E-state index contributed by atoms with van der Waals surface area (Å²) in [5.41, 5.74) is 0. The summed E-state index contributed by atoms with van der Waals surface area (Å²) in [5.74, 6) is 0.919. The third kappa shape index (κ3) is 0.948. The number of ether oxygens (including phenoxy) is 1. The Bertz CT molecular complexity index is 181. The van der Waals surface area contributed by atoms with Gasteiger partial charge in [-0.25, -0.2) is 0 Å². The van der Waals surface area contributed by atoms with Crippen LogP contribution in [0.4, 0.5) is 0 Å². The lowest BCUT2D eigenvalue weighted by molar-refractivity contribution is -0.140. The van der Waals surface area contributed by atoms with E-state index in [4.69, 9.17) is 4.74 Å². The first kappa shape index (κ1) is 7.10. The number of fused-ring (bicyclic) bond motifs is 1. The molecule has 2 unspecified atom stereocenters. The molecule has 0 radical (unpaired) electrons. The Kier molecular flexibility index (Phi) is 1.60. The van der Waals surface area contributed by atoms with Gasteiger partial charge >= 0.3 is 0 Å². The van der Waals surface area contributed by atoms with Crippen molar-refractivity contribution < 1.29 is 9.53 Å². The van der Waals surface area contributed by atoms with Crippen molar-refractivity contribution in [1.82, 2.24) is 4.90 Å². The van der Waals surface area contributed by atoms with E-state index in [9.17, 15) is 4.79 Å². The summed E-state index contributed by atoms with van der Waals surface area (Å²) in [6.45, 7) is 4.46. The van der Waals surface area contributed by atoms with Crippen molar-refractivity contribution in [2.45, 2.75) is 19.4 Å². The molecular weight excluding hydrogens is 142 g/mol. The molecule has 3 nitrogen and oxygen atoms in total. The van der Waals surface area contributed by atoms with Gasteiger partial charge in [-0.05, 0) is 0 Å². The number of rotatable bonds is 1. The molecule has 0 N–H and O–H groups in total. The molecule has 11 heavy (non-hydrogen) atoms. The van der Waals surface area contributed by atoms with E-state index in [1.807, 2.05) is 11.8 Å². The van der Waals surface area contributed by atoms with Gasteiger partial charge in [-0.15, -0.1) is 0 Å². The van der Waals surface area contributed by atoms with Gasteiger partial charge in [0.15, 0.2) is 0 Å². The van der Waals surface area contributed by atoms with Gasteiger partial charge in [0.2, 0.25) is 5.91 Å². The highest BCUT2D eigenvalue weighted by Crippen LogP contribution is 2.30. The van der Waals surface area contributed by atoms with Crippen LogP contribution in [0.3, 0.4) is 0 Å². The quantitative estimate of drug-likeness (QED) is 0.543. The number of hydrogen-bond acceptors (Lipinski definition) is 2. The van der Waals surface area contributed by atoms with E-state index < -0.39 is 0 Å². The largest absolute Gasteiger partial charge is 0.379 e. The molecule has 0 bridgehead atoms. The van der Waals surface area contributed by atoms with E-state index in [-0.39, 0.29) is 5.91 Å². The van der Waals surface area contributed by atoms with Crippen LogP contribution in [0.25, 0.3) is 0 Å². The summed E-state index contributed by atoms with van der Waals surface area (Å²) < 4.78 is 5.26. The average Bonchev–Trinajstić information content (AvgIpc) is 2.32. The lowest BCUT2D eigenvalue weighted by Gasteiger charge is -2.42. The Hall–Kier alpha value is -0.570. The molecule has 1 amide bonds. The normalized spacial score (nSPS) is 34.8. The topological polar surface area (TPSA) is 29.5 Å². The lowest BCUT2D eigenvalue weighted by atomic mass is 9.92. The van der Waals surface area contributed by atoms with E-state index in [2.05, 4.69) is 0 Å². The molecule has 2 heterocycles. The number of nitrogens with zero attached hydrogens (tertiary/aromatic N) is 1. The van der Waals surface area contributed by atoms with Crippen LogP contribution in [0.5, 0.6) is 0 Å². The first-order valence-electron chi connectivity index (χ1n) is 4.20. The molecular formula is C8H13NO2. The van der Waals surface area contributed by atoms with Crippen molar-refractivity contribution >= 4 is 5.91 Å². The zero-order valence-corrected chi connectivity index (χ0v) is 6.75. The van der Waals surface area contributed by atoms with Crippen LogP contribution >= 0.6 is 0 Å². The van der Waals surface area contributed by atoms with Crippen LogP contribution in [0, 0.1) is 5.92 Å². The Labute approximate surface area is 66.3 Å². The molecule has 0 aromatic heterocycles. The Morgan fingerprint density at radius 2 is 2.45 bits per heavy atom. The first-order chi connectivity index (χ1) is 5.33. The second kappa shape index (κ2) is 2.48.